The van der Waals surface area contributed by atoms with Crippen LogP contribution in [0.2, 0.25) is 0 Å². The third-order valence-electron chi connectivity index (χ3n) is 6.37. The summed E-state index contributed by atoms with van der Waals surface area (Å²) in [6.07, 6.45) is 6.28. The van der Waals surface area contributed by atoms with Gasteiger partial charge in [0.05, 0.1) is 11.2 Å². The molecule has 0 amide bonds. The largest absolute Gasteiger partial charge is 0.303 e. The van der Waals surface area contributed by atoms with Crippen LogP contribution in [0, 0.1) is 11.8 Å². The fraction of sp³-hybridized carbons (Fsp3) is 0.611. The van der Waals surface area contributed by atoms with Gasteiger partial charge in [-0.2, -0.15) is 5.10 Å². The van der Waals surface area contributed by atoms with Gasteiger partial charge in [0.25, 0.3) is 5.56 Å². The zero-order chi connectivity index (χ0) is 15.6. The molecular weight excluding hydrogens is 288 g/mol. The van der Waals surface area contributed by atoms with E-state index in [4.69, 9.17) is 0 Å². The normalized spacial score (nSPS) is 32.4. The first-order valence-electron chi connectivity index (χ1n) is 8.79. The van der Waals surface area contributed by atoms with Gasteiger partial charge in [-0.1, -0.05) is 0 Å². The highest BCUT2D eigenvalue weighted by atomic mass is 16.1. The molecule has 3 fully saturated rings. The van der Waals surface area contributed by atoms with Gasteiger partial charge in [0.2, 0.25) is 0 Å². The van der Waals surface area contributed by atoms with Gasteiger partial charge in [0.1, 0.15) is 0 Å². The Morgan fingerprint density at radius 1 is 1.22 bits per heavy atom. The van der Waals surface area contributed by atoms with Crippen molar-refractivity contribution in [3.63, 3.8) is 0 Å². The molecule has 0 aromatic carbocycles. The van der Waals surface area contributed by atoms with E-state index in [1.165, 1.54) is 25.9 Å². The molecule has 1 aliphatic carbocycles. The average molecular weight is 310 g/mol. The van der Waals surface area contributed by atoms with Crippen LogP contribution in [0.1, 0.15) is 36.4 Å². The second-order valence-electron chi connectivity index (χ2n) is 7.44. The summed E-state index contributed by atoms with van der Waals surface area (Å²) in [4.78, 5) is 19.5. The molecule has 2 bridgehead atoms. The second kappa shape index (κ2) is 4.87. The van der Waals surface area contributed by atoms with Crippen LogP contribution in [-0.4, -0.2) is 39.3 Å². The van der Waals surface area contributed by atoms with Crippen molar-refractivity contribution in [2.24, 2.45) is 18.9 Å². The Morgan fingerprint density at radius 2 is 2.04 bits per heavy atom. The van der Waals surface area contributed by atoms with E-state index in [9.17, 15) is 4.79 Å². The predicted molar refractivity (Wildman–Crippen MR) is 88.5 cm³/mol. The zero-order valence-corrected chi connectivity index (χ0v) is 13.5. The van der Waals surface area contributed by atoms with Crippen molar-refractivity contribution in [1.82, 2.24) is 19.7 Å². The molecule has 3 saturated heterocycles. The summed E-state index contributed by atoms with van der Waals surface area (Å²) in [5.41, 5.74) is 3.06. The Kier molecular flexibility index (Phi) is 2.89. The van der Waals surface area contributed by atoms with Crippen LogP contribution < -0.4 is 5.56 Å². The quantitative estimate of drug-likeness (QED) is 0.804. The number of fused-ring (bicyclic) bond motifs is 3. The fourth-order valence-electron chi connectivity index (χ4n) is 5.28. The first-order valence-corrected chi connectivity index (χ1v) is 8.79. The van der Waals surface area contributed by atoms with Crippen molar-refractivity contribution < 1.29 is 0 Å². The first kappa shape index (κ1) is 13.7. The van der Waals surface area contributed by atoms with Gasteiger partial charge < -0.3 is 4.90 Å². The molecule has 0 N–H and O–H groups in total. The van der Waals surface area contributed by atoms with Gasteiger partial charge in [0.15, 0.2) is 0 Å². The molecule has 1 unspecified atom stereocenters. The maximum absolute atomic E-state index is 12.8. The average Bonchev–Trinajstić information content (AvgIpc) is 2.79. The molecule has 2 aromatic heterocycles. The predicted octanol–water partition coefficient (Wildman–Crippen LogP) is 1.70. The van der Waals surface area contributed by atoms with Crippen LogP contribution in [0.15, 0.2) is 17.1 Å². The third-order valence-corrected chi connectivity index (χ3v) is 6.37. The lowest BCUT2D eigenvalue weighted by molar-refractivity contribution is 0.0345. The molecule has 3 aliphatic heterocycles. The minimum Gasteiger partial charge on any atom is -0.303 e. The lowest BCUT2D eigenvalue weighted by Crippen LogP contribution is -2.50. The van der Waals surface area contributed by atoms with Crippen molar-refractivity contribution in [3.05, 3.63) is 33.9 Å². The van der Waals surface area contributed by atoms with E-state index in [2.05, 4.69) is 15.0 Å². The number of piperidine rings is 3. The lowest BCUT2D eigenvalue weighted by atomic mass is 9.67. The summed E-state index contributed by atoms with van der Waals surface area (Å²) >= 11 is 0. The number of hydrogen-bond acceptors (Lipinski definition) is 4. The Bertz CT molecular complexity index is 835. The van der Waals surface area contributed by atoms with Crippen LogP contribution in [-0.2, 0) is 13.5 Å². The van der Waals surface area contributed by atoms with Gasteiger partial charge in [-0.25, -0.2) is 4.98 Å². The van der Waals surface area contributed by atoms with Crippen LogP contribution in [0.4, 0.5) is 0 Å². The number of aryl methyl sites for hydroxylation is 2. The topological polar surface area (TPSA) is 51.0 Å². The molecule has 23 heavy (non-hydrogen) atoms. The van der Waals surface area contributed by atoms with E-state index in [-0.39, 0.29) is 5.56 Å². The van der Waals surface area contributed by atoms with E-state index < -0.39 is 0 Å². The maximum atomic E-state index is 12.8. The van der Waals surface area contributed by atoms with Crippen molar-refractivity contribution in [3.8, 4) is 0 Å². The molecule has 120 valence electrons. The Hall–Kier alpha value is -1.75. The fourth-order valence-corrected chi connectivity index (χ4v) is 5.28. The number of rotatable bonds is 1. The van der Waals surface area contributed by atoms with Crippen molar-refractivity contribution in [2.75, 3.05) is 19.6 Å². The highest BCUT2D eigenvalue weighted by Crippen LogP contribution is 2.45. The maximum Gasteiger partial charge on any atom is 0.273 e. The molecule has 4 aliphatic rings. The third kappa shape index (κ3) is 1.92. The summed E-state index contributed by atoms with van der Waals surface area (Å²) < 4.78 is 1.91. The standard InChI is InChI=1S/C18H22N4O/c1-21-15-4-7-19-18(23)16-12(2-3-14(20-21)17(15)16)13-10-22-8-5-11(13)6-9-22/h4,7,11-13H,2-3,5-6,8-10H2,1H3/t12-,13?/m1/s1. The molecule has 0 radical (unpaired) electrons. The van der Waals surface area contributed by atoms with Crippen molar-refractivity contribution in [2.45, 2.75) is 31.6 Å². The minimum absolute atomic E-state index is 0.0320. The first-order chi connectivity index (χ1) is 11.2. The van der Waals surface area contributed by atoms with Gasteiger partial charge in [0, 0.05) is 30.7 Å². The summed E-state index contributed by atoms with van der Waals surface area (Å²) in [7, 11) is 1.97. The van der Waals surface area contributed by atoms with Crippen molar-refractivity contribution in [1.29, 1.82) is 0 Å². The van der Waals surface area contributed by atoms with Crippen LogP contribution in [0.5, 0.6) is 0 Å². The highest BCUT2D eigenvalue weighted by molar-refractivity contribution is 5.85. The number of aromatic nitrogens is 3. The van der Waals surface area contributed by atoms with Gasteiger partial charge >= 0.3 is 0 Å². The summed E-state index contributed by atoms with van der Waals surface area (Å²) in [5.74, 6) is 1.75. The number of nitrogens with zero attached hydrogens (tertiary/aromatic N) is 4. The van der Waals surface area contributed by atoms with Gasteiger partial charge in [-0.15, -0.1) is 0 Å². The van der Waals surface area contributed by atoms with Crippen molar-refractivity contribution >= 4 is 10.9 Å². The smallest absolute Gasteiger partial charge is 0.273 e. The SMILES string of the molecule is Cn1nc2c3c(c(=O)nccc31)[C@@H](C1CN3CCC1CC3)CC2. The number of hydrogen-bond donors (Lipinski definition) is 0. The van der Waals surface area contributed by atoms with Crippen LogP contribution >= 0.6 is 0 Å². The van der Waals surface area contributed by atoms with E-state index in [1.54, 1.807) is 6.20 Å². The monoisotopic (exact) mass is 310 g/mol. The molecule has 0 spiro atoms. The molecule has 6 rings (SSSR count). The second-order valence-corrected chi connectivity index (χ2v) is 7.44. The van der Waals surface area contributed by atoms with E-state index in [1.807, 2.05) is 17.8 Å². The van der Waals surface area contributed by atoms with E-state index in [0.29, 0.717) is 11.8 Å². The Labute approximate surface area is 135 Å². The minimum atomic E-state index is -0.0320. The van der Waals surface area contributed by atoms with E-state index in [0.717, 1.165) is 47.5 Å². The molecule has 2 atom stereocenters. The van der Waals surface area contributed by atoms with Gasteiger partial charge in [-0.05, 0) is 62.6 Å². The summed E-state index contributed by atoms with van der Waals surface area (Å²) in [6.45, 7) is 3.64. The van der Waals surface area contributed by atoms with Crippen LogP contribution in [0.3, 0.4) is 0 Å². The molecule has 5 heteroatoms. The van der Waals surface area contributed by atoms with Gasteiger partial charge in [-0.3, -0.25) is 9.48 Å². The summed E-state index contributed by atoms with van der Waals surface area (Å²) in [6, 6.07) is 1.94. The molecule has 2 aromatic rings. The molecule has 5 heterocycles. The Morgan fingerprint density at radius 3 is 2.78 bits per heavy atom. The highest BCUT2D eigenvalue weighted by Gasteiger charge is 2.41. The van der Waals surface area contributed by atoms with Crippen LogP contribution in [0.25, 0.3) is 10.9 Å². The molecule has 0 saturated carbocycles. The van der Waals surface area contributed by atoms with E-state index >= 15 is 0 Å². The summed E-state index contributed by atoms with van der Waals surface area (Å²) in [5, 5.41) is 5.76. The molecular formula is C18H22N4O. The lowest BCUT2D eigenvalue weighted by Gasteiger charge is -2.48. The zero-order valence-electron chi connectivity index (χ0n) is 13.5. The molecule has 5 nitrogen and oxygen atoms in total. The Balaban J connectivity index is 1.72.